The van der Waals surface area contributed by atoms with Crippen molar-refractivity contribution in [1.29, 1.82) is 0 Å². The Morgan fingerprint density at radius 1 is 0.529 bits per heavy atom. The summed E-state index contributed by atoms with van der Waals surface area (Å²) in [7, 11) is 0. The van der Waals surface area contributed by atoms with Crippen LogP contribution in [0.15, 0.2) is 0 Å². The second kappa shape index (κ2) is 15.8. The van der Waals surface area contributed by atoms with Gasteiger partial charge in [0.15, 0.2) is 0 Å². The van der Waals surface area contributed by atoms with E-state index in [0.717, 1.165) is 26.1 Å². The molecule has 0 radical (unpaired) electrons. The molecule has 0 spiro atoms. The summed E-state index contributed by atoms with van der Waals surface area (Å²) in [5.74, 6) is 0. The molecule has 4 nitrogen and oxygen atoms in total. The average molecular weight is 248 g/mol. The fourth-order valence-electron chi connectivity index (χ4n) is 1.11. The van der Waals surface area contributed by atoms with Crippen LogP contribution in [-0.2, 0) is 18.9 Å². The SMILES string of the molecule is CCCCOCCOCOCCOCCCC. The molecule has 17 heavy (non-hydrogen) atoms. The predicted molar refractivity (Wildman–Crippen MR) is 68.2 cm³/mol. The number of hydrogen-bond acceptors (Lipinski definition) is 4. The Labute approximate surface area is 106 Å². The molecule has 0 bridgehead atoms. The minimum atomic E-state index is 0.328. The molecule has 0 aromatic heterocycles. The minimum absolute atomic E-state index is 0.328. The van der Waals surface area contributed by atoms with Crippen molar-refractivity contribution in [3.05, 3.63) is 0 Å². The molecule has 0 aliphatic heterocycles. The van der Waals surface area contributed by atoms with Gasteiger partial charge >= 0.3 is 0 Å². The minimum Gasteiger partial charge on any atom is -0.379 e. The van der Waals surface area contributed by atoms with Crippen LogP contribution in [0.3, 0.4) is 0 Å². The van der Waals surface area contributed by atoms with Gasteiger partial charge in [-0.3, -0.25) is 0 Å². The molecular weight excluding hydrogens is 220 g/mol. The molecule has 0 aromatic carbocycles. The van der Waals surface area contributed by atoms with Gasteiger partial charge in [-0.15, -0.1) is 0 Å². The van der Waals surface area contributed by atoms with E-state index in [4.69, 9.17) is 18.9 Å². The van der Waals surface area contributed by atoms with E-state index in [1.54, 1.807) is 0 Å². The van der Waals surface area contributed by atoms with Gasteiger partial charge in [-0.1, -0.05) is 26.7 Å². The molecule has 0 aromatic rings. The van der Waals surface area contributed by atoms with E-state index in [1.165, 1.54) is 12.8 Å². The molecule has 0 aliphatic rings. The molecule has 0 heterocycles. The highest BCUT2D eigenvalue weighted by molar-refractivity contribution is 4.34. The standard InChI is InChI=1S/C13H28O4/c1-3-5-7-14-9-11-16-13-17-12-10-15-8-6-4-2/h3-13H2,1-2H3. The van der Waals surface area contributed by atoms with E-state index in [2.05, 4.69) is 13.8 Å². The van der Waals surface area contributed by atoms with E-state index in [9.17, 15) is 0 Å². The largest absolute Gasteiger partial charge is 0.379 e. The second-order valence-corrected chi connectivity index (χ2v) is 3.87. The fraction of sp³-hybridized carbons (Fsp3) is 1.00. The van der Waals surface area contributed by atoms with Crippen molar-refractivity contribution in [2.45, 2.75) is 39.5 Å². The Bertz CT molecular complexity index is 117. The summed E-state index contributed by atoms with van der Waals surface area (Å²) in [5.41, 5.74) is 0. The Kier molecular flexibility index (Phi) is 15.7. The van der Waals surface area contributed by atoms with E-state index in [1.807, 2.05) is 0 Å². The zero-order chi connectivity index (χ0) is 12.6. The fourth-order valence-corrected chi connectivity index (χ4v) is 1.11. The zero-order valence-corrected chi connectivity index (χ0v) is 11.4. The number of hydrogen-bond donors (Lipinski definition) is 0. The molecule has 0 unspecified atom stereocenters. The highest BCUT2D eigenvalue weighted by Gasteiger charge is 1.91. The van der Waals surface area contributed by atoms with Crippen molar-refractivity contribution in [3.8, 4) is 0 Å². The van der Waals surface area contributed by atoms with Crippen LogP contribution in [0.1, 0.15) is 39.5 Å². The first-order valence-electron chi connectivity index (χ1n) is 6.72. The molecule has 0 rings (SSSR count). The lowest BCUT2D eigenvalue weighted by atomic mass is 10.4. The molecule has 0 N–H and O–H groups in total. The third-order valence-corrected chi connectivity index (χ3v) is 2.20. The van der Waals surface area contributed by atoms with Crippen molar-refractivity contribution in [3.63, 3.8) is 0 Å². The molecule has 104 valence electrons. The van der Waals surface area contributed by atoms with Gasteiger partial charge in [0.05, 0.1) is 26.4 Å². The van der Waals surface area contributed by atoms with Crippen molar-refractivity contribution in [2.24, 2.45) is 0 Å². The normalized spacial score (nSPS) is 10.9. The van der Waals surface area contributed by atoms with Crippen LogP contribution in [0.25, 0.3) is 0 Å². The Morgan fingerprint density at radius 3 is 1.35 bits per heavy atom. The highest BCUT2D eigenvalue weighted by atomic mass is 16.7. The highest BCUT2D eigenvalue weighted by Crippen LogP contribution is 1.89. The molecule has 0 fully saturated rings. The first kappa shape index (κ1) is 16.8. The summed E-state index contributed by atoms with van der Waals surface area (Å²) < 4.78 is 21.2. The van der Waals surface area contributed by atoms with Crippen molar-refractivity contribution in [2.75, 3.05) is 46.4 Å². The molecule has 0 aliphatic carbocycles. The van der Waals surface area contributed by atoms with Crippen LogP contribution >= 0.6 is 0 Å². The van der Waals surface area contributed by atoms with Crippen LogP contribution < -0.4 is 0 Å². The maximum atomic E-state index is 5.34. The van der Waals surface area contributed by atoms with E-state index < -0.39 is 0 Å². The number of ether oxygens (including phenoxy) is 4. The van der Waals surface area contributed by atoms with E-state index in [0.29, 0.717) is 33.2 Å². The van der Waals surface area contributed by atoms with Gasteiger partial charge in [0, 0.05) is 13.2 Å². The van der Waals surface area contributed by atoms with Gasteiger partial charge in [-0.05, 0) is 12.8 Å². The first-order chi connectivity index (χ1) is 8.41. The average Bonchev–Trinajstić information content (AvgIpc) is 2.35. The van der Waals surface area contributed by atoms with Gasteiger partial charge in [-0.2, -0.15) is 0 Å². The summed E-state index contributed by atoms with van der Waals surface area (Å²) in [4.78, 5) is 0. The number of rotatable bonds is 14. The first-order valence-corrected chi connectivity index (χ1v) is 6.72. The Hall–Kier alpha value is -0.160. The Morgan fingerprint density at radius 2 is 0.941 bits per heavy atom. The quantitative estimate of drug-likeness (QED) is 0.350. The monoisotopic (exact) mass is 248 g/mol. The van der Waals surface area contributed by atoms with Gasteiger partial charge in [-0.25, -0.2) is 0 Å². The van der Waals surface area contributed by atoms with E-state index >= 15 is 0 Å². The summed E-state index contributed by atoms with van der Waals surface area (Å²) in [6.07, 6.45) is 4.57. The van der Waals surface area contributed by atoms with Crippen molar-refractivity contribution < 1.29 is 18.9 Å². The Balaban J connectivity index is 2.85. The van der Waals surface area contributed by atoms with Gasteiger partial charge in [0.1, 0.15) is 6.79 Å². The van der Waals surface area contributed by atoms with Crippen LogP contribution in [0, 0.1) is 0 Å². The van der Waals surface area contributed by atoms with Gasteiger partial charge < -0.3 is 18.9 Å². The topological polar surface area (TPSA) is 36.9 Å². The molecule has 0 amide bonds. The van der Waals surface area contributed by atoms with Crippen molar-refractivity contribution >= 4 is 0 Å². The lowest BCUT2D eigenvalue weighted by Crippen LogP contribution is -2.11. The third kappa shape index (κ3) is 15.8. The van der Waals surface area contributed by atoms with Crippen LogP contribution in [0.4, 0.5) is 0 Å². The molecular formula is C13H28O4. The maximum absolute atomic E-state index is 5.34. The summed E-state index contributed by atoms with van der Waals surface area (Å²) in [5, 5.41) is 0. The summed E-state index contributed by atoms with van der Waals surface area (Å²) >= 11 is 0. The predicted octanol–water partition coefficient (Wildman–Crippen LogP) is 2.61. The van der Waals surface area contributed by atoms with E-state index in [-0.39, 0.29) is 0 Å². The lowest BCUT2D eigenvalue weighted by molar-refractivity contribution is -0.0815. The molecule has 0 atom stereocenters. The van der Waals surface area contributed by atoms with Crippen LogP contribution in [-0.4, -0.2) is 46.4 Å². The van der Waals surface area contributed by atoms with Crippen LogP contribution in [0.5, 0.6) is 0 Å². The molecule has 0 saturated carbocycles. The maximum Gasteiger partial charge on any atom is 0.146 e. The molecule has 0 saturated heterocycles. The van der Waals surface area contributed by atoms with Gasteiger partial charge in [0.2, 0.25) is 0 Å². The second-order valence-electron chi connectivity index (χ2n) is 3.87. The van der Waals surface area contributed by atoms with Gasteiger partial charge in [0.25, 0.3) is 0 Å². The van der Waals surface area contributed by atoms with Crippen molar-refractivity contribution in [1.82, 2.24) is 0 Å². The van der Waals surface area contributed by atoms with Crippen LogP contribution in [0.2, 0.25) is 0 Å². The zero-order valence-electron chi connectivity index (χ0n) is 11.4. The summed E-state index contributed by atoms with van der Waals surface area (Å²) in [6.45, 7) is 8.77. The molecule has 4 heteroatoms. The third-order valence-electron chi connectivity index (χ3n) is 2.20. The summed E-state index contributed by atoms with van der Waals surface area (Å²) in [6, 6.07) is 0. The lowest BCUT2D eigenvalue weighted by Gasteiger charge is -2.07. The smallest absolute Gasteiger partial charge is 0.146 e. The number of unbranched alkanes of at least 4 members (excludes halogenated alkanes) is 2.